The lowest BCUT2D eigenvalue weighted by atomic mass is 9.70. The Kier molecular flexibility index (Phi) is 7.32. The second-order valence-corrected chi connectivity index (χ2v) is 12.3. The molecule has 2 bridgehead atoms. The summed E-state index contributed by atoms with van der Waals surface area (Å²) in [5.74, 6) is -1.61. The fourth-order valence-corrected chi connectivity index (χ4v) is 7.28. The van der Waals surface area contributed by atoms with Crippen LogP contribution in [0.2, 0.25) is 5.02 Å². The summed E-state index contributed by atoms with van der Waals surface area (Å²) < 4.78 is 11.9. The van der Waals surface area contributed by atoms with Crippen LogP contribution in [0.25, 0.3) is 0 Å². The first-order chi connectivity index (χ1) is 19.7. The number of fused-ring (bicyclic) bond motifs is 1. The molecule has 1 aliphatic carbocycles. The number of benzene rings is 2. The van der Waals surface area contributed by atoms with Gasteiger partial charge in [-0.1, -0.05) is 67.3 Å². The maximum Gasteiger partial charge on any atom is 0.246 e. The fourth-order valence-electron chi connectivity index (χ4n) is 7.16. The molecule has 2 N–H and O–H groups in total. The van der Waals surface area contributed by atoms with Crippen molar-refractivity contribution in [3.8, 4) is 5.75 Å². The van der Waals surface area contributed by atoms with Gasteiger partial charge in [-0.15, -0.1) is 0 Å². The Bertz CT molecular complexity index is 1360. The van der Waals surface area contributed by atoms with Crippen molar-refractivity contribution >= 4 is 29.3 Å². The van der Waals surface area contributed by atoms with Crippen LogP contribution in [0.5, 0.6) is 5.75 Å². The molecule has 2 saturated heterocycles. The van der Waals surface area contributed by atoms with Crippen molar-refractivity contribution in [2.75, 3.05) is 7.11 Å². The van der Waals surface area contributed by atoms with Crippen molar-refractivity contribution in [1.29, 1.82) is 0 Å². The number of amides is 3. The highest BCUT2D eigenvalue weighted by molar-refractivity contribution is 6.30. The second-order valence-electron chi connectivity index (χ2n) is 11.8. The summed E-state index contributed by atoms with van der Waals surface area (Å²) in [6.45, 7) is 2.35. The van der Waals surface area contributed by atoms with Crippen molar-refractivity contribution < 1.29 is 23.9 Å². The Hall–Kier alpha value is -3.36. The molecule has 1 spiro atoms. The van der Waals surface area contributed by atoms with E-state index < -0.39 is 29.1 Å². The molecule has 216 valence electrons. The van der Waals surface area contributed by atoms with Crippen LogP contribution in [0.15, 0.2) is 60.7 Å². The monoisotopic (exact) mass is 577 g/mol. The highest BCUT2D eigenvalue weighted by atomic mass is 35.5. The van der Waals surface area contributed by atoms with E-state index >= 15 is 0 Å². The van der Waals surface area contributed by atoms with E-state index in [1.54, 1.807) is 24.1 Å². The third-order valence-corrected chi connectivity index (χ3v) is 9.42. The number of hydrogen-bond donors (Lipinski definition) is 2. The lowest BCUT2D eigenvalue weighted by Gasteiger charge is -2.34. The first-order valence-corrected chi connectivity index (χ1v) is 14.8. The molecule has 8 nitrogen and oxygen atoms in total. The van der Waals surface area contributed by atoms with Crippen LogP contribution in [0.4, 0.5) is 0 Å². The fraction of sp³-hybridized carbons (Fsp3) is 0.469. The lowest BCUT2D eigenvalue weighted by Crippen LogP contribution is -2.56. The normalized spacial score (nSPS) is 30.4. The molecule has 0 unspecified atom stereocenters. The third kappa shape index (κ3) is 4.91. The number of nitrogens with zero attached hydrogens (tertiary/aromatic N) is 1. The Morgan fingerprint density at radius 3 is 2.37 bits per heavy atom. The zero-order valence-electron chi connectivity index (χ0n) is 23.4. The molecule has 3 fully saturated rings. The van der Waals surface area contributed by atoms with Gasteiger partial charge in [0, 0.05) is 24.2 Å². The van der Waals surface area contributed by atoms with Gasteiger partial charge in [0.2, 0.25) is 17.7 Å². The molecule has 0 aromatic heterocycles. The minimum atomic E-state index is -1.22. The molecule has 4 aliphatic rings. The van der Waals surface area contributed by atoms with Crippen LogP contribution in [-0.2, 0) is 32.2 Å². The third-order valence-electron chi connectivity index (χ3n) is 9.17. The molecule has 3 heterocycles. The van der Waals surface area contributed by atoms with Crippen LogP contribution >= 0.6 is 11.6 Å². The Morgan fingerprint density at radius 1 is 1.00 bits per heavy atom. The standard InChI is InChI=1S/C32H36ClN3O5/c1-31-16-17-32(41-31)26(25(31)28(37)34-18-20-10-14-24(40-2)15-11-20)30(39)36(19-21-8-12-22(33)13-9-21)27(32)29(38)35-23-6-4-3-5-7-23/h8-17,23,25-27H,3-7,18-19H2,1-2H3,(H,34,37)(H,35,38)/t25-,26+,27-,31+,32+/m0/s1. The van der Waals surface area contributed by atoms with Crippen LogP contribution < -0.4 is 15.4 Å². The average molecular weight is 578 g/mol. The Morgan fingerprint density at radius 2 is 1.68 bits per heavy atom. The van der Waals surface area contributed by atoms with Gasteiger partial charge in [-0.25, -0.2) is 0 Å². The predicted octanol–water partition coefficient (Wildman–Crippen LogP) is 4.15. The van der Waals surface area contributed by atoms with Gasteiger partial charge in [-0.2, -0.15) is 0 Å². The summed E-state index contributed by atoms with van der Waals surface area (Å²) in [5.41, 5.74) is -0.468. The zero-order chi connectivity index (χ0) is 28.8. The maximum atomic E-state index is 14.3. The van der Waals surface area contributed by atoms with Gasteiger partial charge in [0.25, 0.3) is 0 Å². The number of carbonyl (C=O) groups excluding carboxylic acids is 3. The van der Waals surface area contributed by atoms with E-state index in [0.29, 0.717) is 11.6 Å². The van der Waals surface area contributed by atoms with Gasteiger partial charge in [-0.05, 0) is 55.2 Å². The summed E-state index contributed by atoms with van der Waals surface area (Å²) in [4.78, 5) is 43.7. The van der Waals surface area contributed by atoms with Crippen molar-refractivity contribution in [2.45, 2.75) is 75.4 Å². The minimum Gasteiger partial charge on any atom is -0.497 e. The molecule has 2 aromatic carbocycles. The van der Waals surface area contributed by atoms with Gasteiger partial charge in [0.15, 0.2) is 0 Å². The minimum absolute atomic E-state index is 0.0703. The summed E-state index contributed by atoms with van der Waals surface area (Å²) in [6.07, 6.45) is 8.87. The Labute approximate surface area is 245 Å². The van der Waals surface area contributed by atoms with E-state index in [1.807, 2.05) is 55.5 Å². The van der Waals surface area contributed by atoms with E-state index in [2.05, 4.69) is 10.6 Å². The van der Waals surface area contributed by atoms with Crippen molar-refractivity contribution in [2.24, 2.45) is 11.8 Å². The van der Waals surface area contributed by atoms with Gasteiger partial charge < -0.3 is 25.0 Å². The van der Waals surface area contributed by atoms with Gasteiger partial charge in [-0.3, -0.25) is 14.4 Å². The van der Waals surface area contributed by atoms with Crippen molar-refractivity contribution in [3.05, 3.63) is 76.8 Å². The molecule has 3 amide bonds. The maximum absolute atomic E-state index is 14.3. The summed E-state index contributed by atoms with van der Waals surface area (Å²) in [5, 5.41) is 6.84. The van der Waals surface area contributed by atoms with Crippen LogP contribution in [-0.4, -0.2) is 53.0 Å². The highest BCUT2D eigenvalue weighted by Gasteiger charge is 2.76. The number of halogens is 1. The average Bonchev–Trinajstić information content (AvgIpc) is 3.54. The molecule has 2 aromatic rings. The predicted molar refractivity (Wildman–Crippen MR) is 154 cm³/mol. The summed E-state index contributed by atoms with van der Waals surface area (Å²) >= 11 is 6.11. The van der Waals surface area contributed by atoms with E-state index in [4.69, 9.17) is 21.1 Å². The highest BCUT2D eigenvalue weighted by Crippen LogP contribution is 2.59. The molecular formula is C32H36ClN3O5. The van der Waals surface area contributed by atoms with Gasteiger partial charge in [0.1, 0.15) is 17.4 Å². The number of carbonyl (C=O) groups is 3. The number of rotatable bonds is 8. The molecule has 41 heavy (non-hydrogen) atoms. The zero-order valence-corrected chi connectivity index (χ0v) is 24.2. The van der Waals surface area contributed by atoms with E-state index in [-0.39, 0.29) is 30.3 Å². The van der Waals surface area contributed by atoms with Crippen LogP contribution in [0, 0.1) is 11.8 Å². The van der Waals surface area contributed by atoms with Gasteiger partial charge >= 0.3 is 0 Å². The number of likely N-dealkylation sites (tertiary alicyclic amines) is 1. The van der Waals surface area contributed by atoms with Crippen molar-refractivity contribution in [1.82, 2.24) is 15.5 Å². The smallest absolute Gasteiger partial charge is 0.246 e. The Balaban J connectivity index is 1.29. The molecule has 3 aliphatic heterocycles. The van der Waals surface area contributed by atoms with Crippen LogP contribution in [0.3, 0.4) is 0 Å². The second kappa shape index (κ2) is 10.8. The number of methoxy groups -OCH3 is 1. The van der Waals surface area contributed by atoms with E-state index in [1.165, 1.54) is 6.42 Å². The van der Waals surface area contributed by atoms with Gasteiger partial charge in [0.05, 0.1) is 24.5 Å². The summed E-state index contributed by atoms with van der Waals surface area (Å²) in [6, 6.07) is 13.9. The quantitative estimate of drug-likeness (QED) is 0.459. The van der Waals surface area contributed by atoms with E-state index in [9.17, 15) is 14.4 Å². The lowest BCUT2D eigenvalue weighted by molar-refractivity contribution is -0.145. The number of nitrogens with one attached hydrogen (secondary N) is 2. The van der Waals surface area contributed by atoms with E-state index in [0.717, 1.165) is 42.6 Å². The van der Waals surface area contributed by atoms with Crippen molar-refractivity contribution in [3.63, 3.8) is 0 Å². The number of ether oxygens (including phenoxy) is 2. The largest absolute Gasteiger partial charge is 0.497 e. The molecule has 5 atom stereocenters. The molecule has 6 rings (SSSR count). The van der Waals surface area contributed by atoms with Crippen LogP contribution in [0.1, 0.15) is 50.2 Å². The first kappa shape index (κ1) is 27.8. The SMILES string of the molecule is COc1ccc(CNC(=O)[C@@H]2[C@@H]3C(=O)N(Cc4ccc(Cl)cc4)[C@@H](C(=O)NC4CCCCC4)[C@@]34C=C[C@@]2(C)O4)cc1. The molecular weight excluding hydrogens is 542 g/mol. The topological polar surface area (TPSA) is 97.0 Å². The molecule has 0 radical (unpaired) electrons. The summed E-state index contributed by atoms with van der Waals surface area (Å²) in [7, 11) is 1.60. The molecule has 1 saturated carbocycles. The number of hydrogen-bond acceptors (Lipinski definition) is 5. The first-order valence-electron chi connectivity index (χ1n) is 14.4. The molecule has 9 heteroatoms.